The van der Waals surface area contributed by atoms with Gasteiger partial charge in [0.2, 0.25) is 10.0 Å². The van der Waals surface area contributed by atoms with E-state index in [2.05, 4.69) is 10.0 Å². The van der Waals surface area contributed by atoms with Crippen molar-refractivity contribution in [3.8, 4) is 0 Å². The molecule has 0 radical (unpaired) electrons. The van der Waals surface area contributed by atoms with Crippen LogP contribution < -0.4 is 10.0 Å². The molecule has 2 N–H and O–H groups in total. The van der Waals surface area contributed by atoms with Crippen LogP contribution in [0.5, 0.6) is 0 Å². The number of hydrogen-bond donors (Lipinski definition) is 2. The van der Waals surface area contributed by atoms with E-state index < -0.39 is 15.8 Å². The first-order valence-corrected chi connectivity index (χ1v) is 8.18. The van der Waals surface area contributed by atoms with Crippen molar-refractivity contribution in [2.24, 2.45) is 0 Å². The van der Waals surface area contributed by atoms with E-state index in [4.69, 9.17) is 11.6 Å². The van der Waals surface area contributed by atoms with E-state index in [0.29, 0.717) is 19.0 Å². The van der Waals surface area contributed by atoms with Crippen LogP contribution in [0.2, 0.25) is 5.02 Å². The summed E-state index contributed by atoms with van der Waals surface area (Å²) >= 11 is 5.66. The highest BCUT2D eigenvalue weighted by Crippen LogP contribution is 2.20. The summed E-state index contributed by atoms with van der Waals surface area (Å²) in [5.74, 6) is -0.568. The molecule has 1 aliphatic carbocycles. The highest BCUT2D eigenvalue weighted by molar-refractivity contribution is 7.92. The van der Waals surface area contributed by atoms with Crippen LogP contribution in [-0.4, -0.2) is 26.8 Å². The summed E-state index contributed by atoms with van der Waals surface area (Å²) in [5.41, 5.74) is 0.153. The van der Waals surface area contributed by atoms with Gasteiger partial charge in [0.1, 0.15) is 5.82 Å². The molecule has 0 unspecified atom stereocenters. The zero-order chi connectivity index (χ0) is 13.9. The molecule has 0 heterocycles. The van der Waals surface area contributed by atoms with Crippen LogP contribution in [0.3, 0.4) is 0 Å². The molecule has 4 nitrogen and oxygen atoms in total. The fourth-order valence-electron chi connectivity index (χ4n) is 1.70. The van der Waals surface area contributed by atoms with Gasteiger partial charge < -0.3 is 5.32 Å². The van der Waals surface area contributed by atoms with Gasteiger partial charge in [0.25, 0.3) is 0 Å². The standard InChI is InChI=1S/C12H16ClFN2O2S/c13-9-6-10(14)8-12(7-9)16-19(17,18)5-1-4-15-11-2-3-11/h6-8,11,15-16H,1-5H2. The summed E-state index contributed by atoms with van der Waals surface area (Å²) in [6.45, 7) is 0.676. The van der Waals surface area contributed by atoms with Crippen molar-refractivity contribution < 1.29 is 12.8 Å². The third kappa shape index (κ3) is 5.34. The Balaban J connectivity index is 1.84. The van der Waals surface area contributed by atoms with Crippen LogP contribution >= 0.6 is 11.6 Å². The molecule has 7 heteroatoms. The Bertz CT molecular complexity index is 526. The van der Waals surface area contributed by atoms with Gasteiger partial charge in [-0.1, -0.05) is 11.6 Å². The molecule has 1 saturated carbocycles. The Morgan fingerprint density at radius 1 is 1.32 bits per heavy atom. The van der Waals surface area contributed by atoms with Gasteiger partial charge in [-0.3, -0.25) is 4.72 Å². The van der Waals surface area contributed by atoms with Crippen LogP contribution in [0.15, 0.2) is 18.2 Å². The van der Waals surface area contributed by atoms with Gasteiger partial charge in [-0.15, -0.1) is 0 Å². The second-order valence-corrected chi connectivity index (χ2v) is 6.94. The van der Waals surface area contributed by atoms with Gasteiger partial charge in [0, 0.05) is 11.1 Å². The van der Waals surface area contributed by atoms with Crippen LogP contribution in [0.1, 0.15) is 19.3 Å². The number of hydrogen-bond acceptors (Lipinski definition) is 3. The first-order chi connectivity index (χ1) is 8.94. The Labute approximate surface area is 117 Å². The molecule has 0 aromatic heterocycles. The lowest BCUT2D eigenvalue weighted by Crippen LogP contribution is -2.23. The summed E-state index contributed by atoms with van der Waals surface area (Å²) in [6.07, 6.45) is 2.87. The van der Waals surface area contributed by atoms with E-state index in [1.54, 1.807) is 0 Å². The zero-order valence-corrected chi connectivity index (χ0v) is 11.9. The van der Waals surface area contributed by atoms with Crippen molar-refractivity contribution in [3.63, 3.8) is 0 Å². The molecular weight excluding hydrogens is 291 g/mol. The van der Waals surface area contributed by atoms with Gasteiger partial charge >= 0.3 is 0 Å². The second-order valence-electron chi connectivity index (χ2n) is 4.66. The minimum absolute atomic E-state index is 0.000846. The third-order valence-corrected chi connectivity index (χ3v) is 4.33. The molecule has 0 saturated heterocycles. The molecule has 1 aliphatic rings. The van der Waals surface area contributed by atoms with E-state index >= 15 is 0 Å². The fourth-order valence-corrected chi connectivity index (χ4v) is 3.02. The van der Waals surface area contributed by atoms with E-state index in [1.165, 1.54) is 18.9 Å². The number of benzene rings is 1. The van der Waals surface area contributed by atoms with Gasteiger partial charge in [-0.2, -0.15) is 0 Å². The van der Waals surface area contributed by atoms with Crippen LogP contribution in [0.25, 0.3) is 0 Å². The lowest BCUT2D eigenvalue weighted by molar-refractivity contribution is 0.593. The molecular formula is C12H16ClFN2O2S. The molecule has 0 atom stereocenters. The highest BCUT2D eigenvalue weighted by atomic mass is 35.5. The predicted molar refractivity (Wildman–Crippen MR) is 74.5 cm³/mol. The van der Waals surface area contributed by atoms with Gasteiger partial charge in [-0.05, 0) is 44.0 Å². The Hall–Kier alpha value is -0.850. The van der Waals surface area contributed by atoms with Crippen molar-refractivity contribution >= 4 is 27.3 Å². The van der Waals surface area contributed by atoms with E-state index in [-0.39, 0.29) is 16.5 Å². The molecule has 0 bridgehead atoms. The summed E-state index contributed by atoms with van der Waals surface area (Å²) in [7, 11) is -3.46. The smallest absolute Gasteiger partial charge is 0.232 e. The lowest BCUT2D eigenvalue weighted by atomic mass is 10.3. The number of sulfonamides is 1. The topological polar surface area (TPSA) is 58.2 Å². The van der Waals surface area contributed by atoms with Gasteiger partial charge in [-0.25, -0.2) is 12.8 Å². The lowest BCUT2D eigenvalue weighted by Gasteiger charge is -2.09. The van der Waals surface area contributed by atoms with Crippen LogP contribution in [-0.2, 0) is 10.0 Å². The number of nitrogens with one attached hydrogen (secondary N) is 2. The number of anilines is 1. The molecule has 1 fully saturated rings. The third-order valence-electron chi connectivity index (χ3n) is 2.74. The summed E-state index contributed by atoms with van der Waals surface area (Å²) in [6, 6.07) is 4.17. The molecule has 106 valence electrons. The fraction of sp³-hybridized carbons (Fsp3) is 0.500. The maximum Gasteiger partial charge on any atom is 0.232 e. The Morgan fingerprint density at radius 3 is 2.68 bits per heavy atom. The zero-order valence-electron chi connectivity index (χ0n) is 10.3. The normalized spacial score (nSPS) is 15.5. The van der Waals surface area contributed by atoms with Crippen molar-refractivity contribution in [2.45, 2.75) is 25.3 Å². The minimum atomic E-state index is -3.46. The molecule has 0 amide bonds. The number of rotatable bonds is 7. The van der Waals surface area contributed by atoms with Gasteiger partial charge in [0.05, 0.1) is 11.4 Å². The van der Waals surface area contributed by atoms with E-state index in [9.17, 15) is 12.8 Å². The van der Waals surface area contributed by atoms with Crippen molar-refractivity contribution in [2.75, 3.05) is 17.0 Å². The highest BCUT2D eigenvalue weighted by Gasteiger charge is 2.20. The van der Waals surface area contributed by atoms with E-state index in [0.717, 1.165) is 12.1 Å². The van der Waals surface area contributed by atoms with Crippen LogP contribution in [0.4, 0.5) is 10.1 Å². The molecule has 0 spiro atoms. The summed E-state index contributed by atoms with van der Waals surface area (Å²) in [5, 5.41) is 3.40. The SMILES string of the molecule is O=S(=O)(CCCNC1CC1)Nc1cc(F)cc(Cl)c1. The largest absolute Gasteiger partial charge is 0.314 e. The van der Waals surface area contributed by atoms with E-state index in [1.807, 2.05) is 0 Å². The maximum atomic E-state index is 13.1. The monoisotopic (exact) mass is 306 g/mol. The molecule has 1 aromatic carbocycles. The number of halogens is 2. The molecule has 2 rings (SSSR count). The maximum absolute atomic E-state index is 13.1. The summed E-state index contributed by atoms with van der Waals surface area (Å²) < 4.78 is 39.0. The summed E-state index contributed by atoms with van der Waals surface area (Å²) in [4.78, 5) is 0. The molecule has 19 heavy (non-hydrogen) atoms. The first-order valence-electron chi connectivity index (χ1n) is 6.14. The van der Waals surface area contributed by atoms with Crippen molar-refractivity contribution in [1.82, 2.24) is 5.32 Å². The Kier molecular flexibility index (Phi) is 4.65. The molecule has 0 aliphatic heterocycles. The molecule has 1 aromatic rings. The first kappa shape index (κ1) is 14.6. The average molecular weight is 307 g/mol. The minimum Gasteiger partial charge on any atom is -0.314 e. The second kappa shape index (κ2) is 6.07. The quantitative estimate of drug-likeness (QED) is 0.760. The average Bonchev–Trinajstić information content (AvgIpc) is 3.06. The van der Waals surface area contributed by atoms with Crippen molar-refractivity contribution in [3.05, 3.63) is 29.0 Å². The Morgan fingerprint density at radius 2 is 2.05 bits per heavy atom. The van der Waals surface area contributed by atoms with Crippen LogP contribution in [0, 0.1) is 5.82 Å². The van der Waals surface area contributed by atoms with Crippen molar-refractivity contribution in [1.29, 1.82) is 0 Å². The van der Waals surface area contributed by atoms with Gasteiger partial charge in [0.15, 0.2) is 0 Å². The predicted octanol–water partition coefficient (Wildman–Crippen LogP) is 2.36.